The fourth-order valence-corrected chi connectivity index (χ4v) is 3.39. The van der Waals surface area contributed by atoms with Crippen molar-refractivity contribution >= 4 is 28.0 Å². The second-order valence-electron chi connectivity index (χ2n) is 5.53. The van der Waals surface area contributed by atoms with Gasteiger partial charge in [0.05, 0.1) is 0 Å². The van der Waals surface area contributed by atoms with Gasteiger partial charge >= 0.3 is 10.5 Å². The van der Waals surface area contributed by atoms with Crippen molar-refractivity contribution in [3.05, 3.63) is 23.8 Å². The number of hydrogen-bond acceptors (Lipinski definition) is 6. The van der Waals surface area contributed by atoms with Gasteiger partial charge in [0.2, 0.25) is 11.8 Å². The fraction of sp³-hybridized carbons (Fsp3) is 0.429. The van der Waals surface area contributed by atoms with Gasteiger partial charge in [-0.1, -0.05) is 9.95 Å². The molecule has 1 atom stereocenters. The number of anilines is 1. The van der Waals surface area contributed by atoms with Crippen LogP contribution in [0.2, 0.25) is 0 Å². The Kier molecular flexibility index (Phi) is 3.97. The lowest BCUT2D eigenvalue weighted by Crippen LogP contribution is -2.53. The summed E-state index contributed by atoms with van der Waals surface area (Å²) in [6.45, 7) is 0.588. The van der Waals surface area contributed by atoms with Crippen LogP contribution >= 0.6 is 0 Å². The molecule has 7 nitrogen and oxygen atoms in total. The first kappa shape index (κ1) is 15.7. The van der Waals surface area contributed by atoms with Crippen LogP contribution in [0.1, 0.15) is 24.8 Å². The fourth-order valence-electron chi connectivity index (χ4n) is 3.05. The van der Waals surface area contributed by atoms with Crippen molar-refractivity contribution in [3.63, 3.8) is 0 Å². The Morgan fingerprint density at radius 3 is 2.74 bits per heavy atom. The summed E-state index contributed by atoms with van der Waals surface area (Å²) in [6.07, 6.45) is 2.22. The average Bonchev–Trinajstić information content (AvgIpc) is 2.45. The van der Waals surface area contributed by atoms with Crippen LogP contribution in [0.15, 0.2) is 18.2 Å². The third-order valence-electron chi connectivity index (χ3n) is 3.99. The van der Waals surface area contributed by atoms with Gasteiger partial charge in [-0.2, -0.15) is 8.42 Å². The van der Waals surface area contributed by atoms with Gasteiger partial charge in [0, 0.05) is 24.7 Å². The first-order valence-corrected chi connectivity index (χ1v) is 8.52. The Morgan fingerprint density at radius 1 is 1.26 bits per heavy atom. The van der Waals surface area contributed by atoms with E-state index in [1.54, 1.807) is 6.07 Å². The normalized spacial score (nSPS) is 21.6. The summed E-state index contributed by atoms with van der Waals surface area (Å²) in [6, 6.07) is 3.94. The summed E-state index contributed by atoms with van der Waals surface area (Å²) < 4.78 is 38.2. The van der Waals surface area contributed by atoms with Gasteiger partial charge in [0.1, 0.15) is 11.8 Å². The predicted molar refractivity (Wildman–Crippen MR) is 78.9 cm³/mol. The lowest BCUT2D eigenvalue weighted by atomic mass is 9.96. The predicted octanol–water partition coefficient (Wildman–Crippen LogP) is 0.838. The second kappa shape index (κ2) is 5.80. The van der Waals surface area contributed by atoms with E-state index >= 15 is 0 Å². The molecule has 1 saturated heterocycles. The Morgan fingerprint density at radius 2 is 2.04 bits per heavy atom. The molecule has 2 aliphatic heterocycles. The quantitative estimate of drug-likeness (QED) is 0.646. The number of imide groups is 1. The molecule has 0 bridgehead atoms. The Bertz CT molecular complexity index is 764. The molecule has 0 spiro atoms. The third-order valence-corrected chi connectivity index (χ3v) is 4.38. The van der Waals surface area contributed by atoms with Gasteiger partial charge in [0.25, 0.3) is 0 Å². The number of piperidine rings is 1. The molecule has 1 fully saturated rings. The zero-order chi connectivity index (χ0) is 16.6. The van der Waals surface area contributed by atoms with Crippen molar-refractivity contribution in [1.29, 1.82) is 0 Å². The number of nitrogens with zero attached hydrogens (tertiary/aromatic N) is 1. The van der Waals surface area contributed by atoms with Crippen LogP contribution in [0.4, 0.5) is 9.57 Å². The standard InChI is InChI=1S/C14H15FN2O5S/c15-23(20,21)22-10-4-3-9-2-1-7-17(12(9)8-10)11-5-6-13(18)16-14(11)19/h3-4,8,11H,1-2,5-7H2,(H,16,18,19). The Balaban J connectivity index is 1.92. The van der Waals surface area contributed by atoms with E-state index in [0.29, 0.717) is 18.7 Å². The van der Waals surface area contributed by atoms with E-state index < -0.39 is 16.5 Å². The van der Waals surface area contributed by atoms with E-state index in [2.05, 4.69) is 9.50 Å². The lowest BCUT2D eigenvalue weighted by molar-refractivity contribution is -0.134. The van der Waals surface area contributed by atoms with Crippen molar-refractivity contribution in [1.82, 2.24) is 5.32 Å². The summed E-state index contributed by atoms with van der Waals surface area (Å²) in [5.41, 5.74) is 1.55. The molecule has 1 N–H and O–H groups in total. The third kappa shape index (κ3) is 3.44. The first-order chi connectivity index (χ1) is 10.8. The maximum atomic E-state index is 12.7. The molecule has 124 valence electrons. The number of fused-ring (bicyclic) bond motifs is 1. The highest BCUT2D eigenvalue weighted by molar-refractivity contribution is 7.81. The van der Waals surface area contributed by atoms with Gasteiger partial charge in [-0.3, -0.25) is 14.9 Å². The smallest absolute Gasteiger partial charge is 0.359 e. The molecular weight excluding hydrogens is 327 g/mol. The van der Waals surface area contributed by atoms with Crippen LogP contribution in [0.5, 0.6) is 5.75 Å². The summed E-state index contributed by atoms with van der Waals surface area (Å²) in [5.74, 6) is -0.826. The minimum absolute atomic E-state index is 0.148. The van der Waals surface area contributed by atoms with E-state index in [1.165, 1.54) is 12.1 Å². The molecule has 0 aliphatic carbocycles. The Hall–Kier alpha value is -2.16. The largest absolute Gasteiger partial charge is 0.488 e. The number of halogens is 1. The highest BCUT2D eigenvalue weighted by Gasteiger charge is 2.34. The van der Waals surface area contributed by atoms with Gasteiger partial charge in [0.15, 0.2) is 0 Å². The number of rotatable bonds is 3. The lowest BCUT2D eigenvalue weighted by Gasteiger charge is -2.38. The minimum Gasteiger partial charge on any atom is -0.359 e. The molecule has 0 radical (unpaired) electrons. The number of carbonyl (C=O) groups is 2. The van der Waals surface area contributed by atoms with Crippen molar-refractivity contribution in [2.24, 2.45) is 0 Å². The monoisotopic (exact) mass is 342 g/mol. The maximum absolute atomic E-state index is 12.7. The minimum atomic E-state index is -5.11. The van der Waals surface area contributed by atoms with E-state index in [9.17, 15) is 21.9 Å². The molecule has 1 aromatic rings. The van der Waals surface area contributed by atoms with E-state index in [-0.39, 0.29) is 24.0 Å². The van der Waals surface area contributed by atoms with Gasteiger partial charge < -0.3 is 9.08 Å². The molecular formula is C14H15FN2O5S. The van der Waals surface area contributed by atoms with Crippen LogP contribution in [-0.2, 0) is 26.5 Å². The molecule has 2 amide bonds. The Labute approximate surface area is 132 Å². The van der Waals surface area contributed by atoms with E-state index in [4.69, 9.17) is 0 Å². The summed E-state index contributed by atoms with van der Waals surface area (Å²) in [4.78, 5) is 25.2. The number of carbonyl (C=O) groups excluding carboxylic acids is 2. The molecule has 1 unspecified atom stereocenters. The summed E-state index contributed by atoms with van der Waals surface area (Å²) >= 11 is 0. The van der Waals surface area contributed by atoms with Crippen molar-refractivity contribution in [3.8, 4) is 5.75 Å². The molecule has 2 heterocycles. The first-order valence-electron chi connectivity index (χ1n) is 7.21. The van der Waals surface area contributed by atoms with Crippen LogP contribution in [0, 0.1) is 0 Å². The van der Waals surface area contributed by atoms with E-state index in [0.717, 1.165) is 18.4 Å². The molecule has 0 aromatic heterocycles. The highest BCUT2D eigenvalue weighted by Crippen LogP contribution is 2.34. The van der Waals surface area contributed by atoms with Crippen LogP contribution in [0.3, 0.4) is 0 Å². The summed E-state index contributed by atoms with van der Waals surface area (Å²) in [7, 11) is -5.11. The number of hydrogen-bond donors (Lipinski definition) is 1. The highest BCUT2D eigenvalue weighted by atomic mass is 32.3. The average molecular weight is 342 g/mol. The molecule has 9 heteroatoms. The zero-order valence-electron chi connectivity index (χ0n) is 12.1. The van der Waals surface area contributed by atoms with Gasteiger partial charge in [-0.25, -0.2) is 0 Å². The van der Waals surface area contributed by atoms with Crippen LogP contribution < -0.4 is 14.4 Å². The topological polar surface area (TPSA) is 92.8 Å². The molecule has 1 aromatic carbocycles. The van der Waals surface area contributed by atoms with Crippen molar-refractivity contribution in [2.75, 3.05) is 11.4 Å². The number of nitrogens with one attached hydrogen (secondary N) is 1. The summed E-state index contributed by atoms with van der Waals surface area (Å²) in [5, 5.41) is 2.30. The SMILES string of the molecule is O=C1CCC(N2CCCc3ccc(OS(=O)(=O)F)cc32)C(=O)N1. The van der Waals surface area contributed by atoms with Gasteiger partial charge in [-0.15, -0.1) is 0 Å². The van der Waals surface area contributed by atoms with Crippen molar-refractivity contribution < 1.29 is 26.1 Å². The molecule has 23 heavy (non-hydrogen) atoms. The van der Waals surface area contributed by atoms with Gasteiger partial charge in [-0.05, 0) is 30.9 Å². The van der Waals surface area contributed by atoms with Crippen molar-refractivity contribution in [2.45, 2.75) is 31.7 Å². The number of benzene rings is 1. The number of amides is 2. The maximum Gasteiger partial charge on any atom is 0.488 e. The molecule has 2 aliphatic rings. The molecule has 3 rings (SSSR count). The number of aryl methyl sites for hydroxylation is 1. The van der Waals surface area contributed by atoms with Crippen LogP contribution in [0.25, 0.3) is 0 Å². The van der Waals surface area contributed by atoms with Crippen LogP contribution in [-0.4, -0.2) is 32.8 Å². The zero-order valence-corrected chi connectivity index (χ0v) is 12.9. The second-order valence-corrected chi connectivity index (χ2v) is 6.48. The van der Waals surface area contributed by atoms with E-state index in [1.807, 2.05) is 4.90 Å². The molecule has 0 saturated carbocycles.